The van der Waals surface area contributed by atoms with E-state index in [1.165, 1.54) is 11.8 Å². The maximum atomic E-state index is 12.8. The summed E-state index contributed by atoms with van der Waals surface area (Å²) >= 11 is 1.37. The van der Waals surface area contributed by atoms with Crippen molar-refractivity contribution in [2.75, 3.05) is 20.8 Å². The van der Waals surface area contributed by atoms with Gasteiger partial charge in [0.05, 0.1) is 24.8 Å². The summed E-state index contributed by atoms with van der Waals surface area (Å²) in [5.41, 5.74) is 1.64. The van der Waals surface area contributed by atoms with Crippen molar-refractivity contribution in [1.82, 2.24) is 4.90 Å². The van der Waals surface area contributed by atoms with Gasteiger partial charge in [-0.25, -0.2) is 4.99 Å². The third kappa shape index (κ3) is 3.75. The summed E-state index contributed by atoms with van der Waals surface area (Å²) in [4.78, 5) is 19.7. The molecule has 5 nitrogen and oxygen atoms in total. The van der Waals surface area contributed by atoms with E-state index in [0.717, 1.165) is 11.3 Å². The molecule has 1 heterocycles. The van der Waals surface area contributed by atoms with Gasteiger partial charge < -0.3 is 9.47 Å². The lowest BCUT2D eigenvalue weighted by molar-refractivity contribution is -0.122. The van der Waals surface area contributed by atoms with Gasteiger partial charge in [0.2, 0.25) is 0 Å². The Hall–Kier alpha value is -2.73. The van der Waals surface area contributed by atoms with Crippen LogP contribution in [0.3, 0.4) is 0 Å². The van der Waals surface area contributed by atoms with E-state index < -0.39 is 0 Å². The molecule has 2 aromatic rings. The molecular weight excluding hydrogens is 348 g/mol. The lowest BCUT2D eigenvalue weighted by Gasteiger charge is -2.12. The van der Waals surface area contributed by atoms with Gasteiger partial charge in [0.25, 0.3) is 5.91 Å². The predicted molar refractivity (Wildman–Crippen MR) is 106 cm³/mol. The fourth-order valence-electron chi connectivity index (χ4n) is 2.56. The number of methoxy groups -OCH3 is 2. The van der Waals surface area contributed by atoms with Gasteiger partial charge in [0.15, 0.2) is 5.17 Å². The Kier molecular flexibility index (Phi) is 5.63. The van der Waals surface area contributed by atoms with Crippen molar-refractivity contribution in [1.29, 1.82) is 0 Å². The van der Waals surface area contributed by atoms with Gasteiger partial charge >= 0.3 is 0 Å². The van der Waals surface area contributed by atoms with E-state index in [0.29, 0.717) is 28.1 Å². The fraction of sp³-hybridized carbons (Fsp3) is 0.200. The Morgan fingerprint density at radius 3 is 2.54 bits per heavy atom. The first-order chi connectivity index (χ1) is 12.7. The third-order valence-electron chi connectivity index (χ3n) is 3.91. The molecule has 0 unspecified atom stereocenters. The average molecular weight is 368 g/mol. The number of carbonyl (C=O) groups is 1. The second-order valence-electron chi connectivity index (χ2n) is 5.50. The molecule has 0 aliphatic carbocycles. The molecule has 0 bridgehead atoms. The van der Waals surface area contributed by atoms with E-state index in [1.54, 1.807) is 25.2 Å². The lowest BCUT2D eigenvalue weighted by Crippen LogP contribution is -2.28. The number of amides is 1. The lowest BCUT2D eigenvalue weighted by atomic mass is 10.1. The Morgan fingerprint density at radius 1 is 1.12 bits per heavy atom. The fourth-order valence-corrected chi connectivity index (χ4v) is 3.62. The van der Waals surface area contributed by atoms with Crippen molar-refractivity contribution in [3.63, 3.8) is 0 Å². The van der Waals surface area contributed by atoms with Crippen LogP contribution in [0.25, 0.3) is 6.08 Å². The van der Waals surface area contributed by atoms with Crippen molar-refractivity contribution >= 4 is 34.6 Å². The highest BCUT2D eigenvalue weighted by Gasteiger charge is 2.32. The van der Waals surface area contributed by atoms with E-state index in [4.69, 9.17) is 9.47 Å². The molecule has 3 rings (SSSR count). The molecule has 0 N–H and O–H groups in total. The smallest absolute Gasteiger partial charge is 0.266 e. The normalized spacial score (nSPS) is 17.2. The molecule has 6 heteroatoms. The first-order valence-corrected chi connectivity index (χ1v) is 9.05. The number of benzene rings is 2. The number of rotatable bonds is 5. The average Bonchev–Trinajstić information content (AvgIpc) is 2.97. The summed E-state index contributed by atoms with van der Waals surface area (Å²) in [6, 6.07) is 15.1. The minimum absolute atomic E-state index is 0.0509. The van der Waals surface area contributed by atoms with Crippen molar-refractivity contribution in [3.8, 4) is 11.5 Å². The van der Waals surface area contributed by atoms with Gasteiger partial charge in [0, 0.05) is 18.2 Å². The summed E-state index contributed by atoms with van der Waals surface area (Å²) in [6.45, 7) is 2.50. The van der Waals surface area contributed by atoms with E-state index in [9.17, 15) is 4.79 Å². The number of thioether (sulfide) groups is 1. The molecule has 134 valence electrons. The molecule has 1 saturated heterocycles. The van der Waals surface area contributed by atoms with Crippen LogP contribution in [0.15, 0.2) is 58.4 Å². The Labute approximate surface area is 157 Å². The topological polar surface area (TPSA) is 51.1 Å². The third-order valence-corrected chi connectivity index (χ3v) is 4.92. The molecular formula is C20H20N2O3S. The number of nitrogens with zero attached hydrogens (tertiary/aromatic N) is 2. The number of hydrogen-bond acceptors (Lipinski definition) is 5. The molecule has 0 radical (unpaired) electrons. The number of ether oxygens (including phenoxy) is 2. The van der Waals surface area contributed by atoms with Crippen LogP contribution in [0.4, 0.5) is 5.69 Å². The number of hydrogen-bond donors (Lipinski definition) is 0. The second-order valence-corrected chi connectivity index (χ2v) is 6.51. The SMILES string of the molecule is CCN1C(=O)/C(=C/c2ccc(OC)cc2OC)SC1=Nc1ccccc1. The van der Waals surface area contributed by atoms with Crippen LogP contribution in [-0.2, 0) is 4.79 Å². The molecule has 1 aliphatic rings. The first kappa shape index (κ1) is 18.1. The monoisotopic (exact) mass is 368 g/mol. The van der Waals surface area contributed by atoms with Gasteiger partial charge in [-0.2, -0.15) is 0 Å². The highest BCUT2D eigenvalue weighted by atomic mass is 32.2. The van der Waals surface area contributed by atoms with E-state index >= 15 is 0 Å². The number of aliphatic imine (C=N–C) groups is 1. The molecule has 0 spiro atoms. The molecule has 26 heavy (non-hydrogen) atoms. The zero-order chi connectivity index (χ0) is 18.5. The Morgan fingerprint density at radius 2 is 1.88 bits per heavy atom. The summed E-state index contributed by atoms with van der Waals surface area (Å²) in [5.74, 6) is 1.31. The summed E-state index contributed by atoms with van der Waals surface area (Å²) < 4.78 is 10.6. The van der Waals surface area contributed by atoms with E-state index in [2.05, 4.69) is 4.99 Å². The van der Waals surface area contributed by atoms with E-state index in [1.807, 2.05) is 55.5 Å². The van der Waals surface area contributed by atoms with Crippen LogP contribution < -0.4 is 9.47 Å². The highest BCUT2D eigenvalue weighted by Crippen LogP contribution is 2.36. The minimum Gasteiger partial charge on any atom is -0.497 e. The standard InChI is InChI=1S/C20H20N2O3S/c1-4-22-19(23)18(26-20(22)21-15-8-6-5-7-9-15)12-14-10-11-16(24-2)13-17(14)25-3/h5-13H,4H2,1-3H3/b18-12-,21-20?. The van der Waals surface area contributed by atoms with Crippen LogP contribution in [0.1, 0.15) is 12.5 Å². The first-order valence-electron chi connectivity index (χ1n) is 8.23. The molecule has 0 saturated carbocycles. The largest absolute Gasteiger partial charge is 0.497 e. The van der Waals surface area contributed by atoms with Crippen LogP contribution in [-0.4, -0.2) is 36.7 Å². The highest BCUT2D eigenvalue weighted by molar-refractivity contribution is 8.18. The molecule has 2 aromatic carbocycles. The van der Waals surface area contributed by atoms with Crippen molar-refractivity contribution in [2.45, 2.75) is 6.92 Å². The molecule has 1 aliphatic heterocycles. The number of likely N-dealkylation sites (N-methyl/N-ethyl adjacent to an activating group) is 1. The zero-order valence-electron chi connectivity index (χ0n) is 14.9. The van der Waals surface area contributed by atoms with Crippen molar-refractivity contribution < 1.29 is 14.3 Å². The second kappa shape index (κ2) is 8.10. The van der Waals surface area contributed by atoms with Gasteiger partial charge in [-0.1, -0.05) is 18.2 Å². The van der Waals surface area contributed by atoms with Crippen molar-refractivity contribution in [3.05, 3.63) is 59.0 Å². The predicted octanol–water partition coefficient (Wildman–Crippen LogP) is 4.33. The Balaban J connectivity index is 1.95. The number of amidine groups is 1. The molecule has 1 fully saturated rings. The maximum Gasteiger partial charge on any atom is 0.266 e. The summed E-state index contributed by atoms with van der Waals surface area (Å²) in [5, 5.41) is 0.683. The minimum atomic E-state index is -0.0509. The molecule has 0 aromatic heterocycles. The Bertz CT molecular complexity index is 863. The quantitative estimate of drug-likeness (QED) is 0.737. The number of para-hydroxylation sites is 1. The summed E-state index contributed by atoms with van der Waals surface area (Å²) in [6.07, 6.45) is 1.83. The van der Waals surface area contributed by atoms with Gasteiger partial charge in [-0.3, -0.25) is 9.69 Å². The van der Waals surface area contributed by atoms with Crippen LogP contribution in [0, 0.1) is 0 Å². The van der Waals surface area contributed by atoms with Gasteiger partial charge in [0.1, 0.15) is 11.5 Å². The van der Waals surface area contributed by atoms with Crippen LogP contribution in [0.5, 0.6) is 11.5 Å². The molecule has 0 atom stereocenters. The zero-order valence-corrected chi connectivity index (χ0v) is 15.7. The van der Waals surface area contributed by atoms with E-state index in [-0.39, 0.29) is 5.91 Å². The van der Waals surface area contributed by atoms with Gasteiger partial charge in [-0.05, 0) is 49.0 Å². The van der Waals surface area contributed by atoms with Gasteiger partial charge in [-0.15, -0.1) is 0 Å². The van der Waals surface area contributed by atoms with Crippen molar-refractivity contribution in [2.24, 2.45) is 4.99 Å². The summed E-state index contributed by atoms with van der Waals surface area (Å²) in [7, 11) is 3.20. The molecule has 1 amide bonds. The van der Waals surface area contributed by atoms with Crippen LogP contribution in [0.2, 0.25) is 0 Å². The van der Waals surface area contributed by atoms with Crippen LogP contribution >= 0.6 is 11.8 Å². The number of carbonyl (C=O) groups excluding carboxylic acids is 1. The maximum absolute atomic E-state index is 12.8.